The fourth-order valence-electron chi connectivity index (χ4n) is 2.74. The van der Waals surface area contributed by atoms with Crippen molar-refractivity contribution in [2.75, 3.05) is 13.1 Å². The maximum atomic E-state index is 6.14. The summed E-state index contributed by atoms with van der Waals surface area (Å²) in [6.07, 6.45) is 3.88. The van der Waals surface area contributed by atoms with E-state index in [1.54, 1.807) is 11.0 Å². The van der Waals surface area contributed by atoms with Crippen LogP contribution < -0.4 is 10.6 Å². The minimum Gasteiger partial charge on any atom is -0.357 e. The van der Waals surface area contributed by atoms with Crippen LogP contribution in [0.25, 0.3) is 0 Å². The molecule has 1 heterocycles. The second-order valence-corrected chi connectivity index (χ2v) is 6.58. The Morgan fingerprint density at radius 2 is 2.16 bits per heavy atom. The molecule has 0 bridgehead atoms. The topological polar surface area (TPSA) is 67.1 Å². The van der Waals surface area contributed by atoms with Crippen molar-refractivity contribution in [2.24, 2.45) is 12.0 Å². The van der Waals surface area contributed by atoms with Crippen molar-refractivity contribution in [3.05, 3.63) is 47.0 Å². The molecule has 1 aliphatic rings. The van der Waals surface area contributed by atoms with Crippen LogP contribution in [0, 0.1) is 0 Å². The van der Waals surface area contributed by atoms with Crippen LogP contribution in [0.5, 0.6) is 0 Å². The van der Waals surface area contributed by atoms with E-state index in [0.717, 1.165) is 29.9 Å². The molecule has 1 aliphatic carbocycles. The van der Waals surface area contributed by atoms with Crippen LogP contribution >= 0.6 is 35.6 Å². The SMILES string of the molecule is CCNC(=NCc1ncnn1C)NCC1(c2cccc(Cl)c2)CC1.I. The number of benzene rings is 1. The molecule has 6 nitrogen and oxygen atoms in total. The fourth-order valence-corrected chi connectivity index (χ4v) is 2.93. The van der Waals surface area contributed by atoms with E-state index in [1.807, 2.05) is 19.2 Å². The van der Waals surface area contributed by atoms with E-state index >= 15 is 0 Å². The number of guanidine groups is 1. The summed E-state index contributed by atoms with van der Waals surface area (Å²) in [4.78, 5) is 8.80. The molecule has 8 heteroatoms. The van der Waals surface area contributed by atoms with Crippen LogP contribution in [0.1, 0.15) is 31.2 Å². The molecule has 0 aliphatic heterocycles. The lowest BCUT2D eigenvalue weighted by Crippen LogP contribution is -2.41. The Morgan fingerprint density at radius 1 is 1.36 bits per heavy atom. The average molecular weight is 475 g/mol. The number of aromatic nitrogens is 3. The van der Waals surface area contributed by atoms with E-state index in [0.29, 0.717) is 6.54 Å². The monoisotopic (exact) mass is 474 g/mol. The maximum Gasteiger partial charge on any atom is 0.191 e. The summed E-state index contributed by atoms with van der Waals surface area (Å²) in [7, 11) is 1.87. The third kappa shape index (κ3) is 5.07. The molecule has 0 spiro atoms. The smallest absolute Gasteiger partial charge is 0.191 e. The molecule has 0 amide bonds. The largest absolute Gasteiger partial charge is 0.357 e. The van der Waals surface area contributed by atoms with Crippen molar-refractivity contribution in [3.63, 3.8) is 0 Å². The van der Waals surface area contributed by atoms with Crippen LogP contribution in [0.2, 0.25) is 5.02 Å². The summed E-state index contributed by atoms with van der Waals surface area (Å²) in [6.45, 7) is 4.21. The summed E-state index contributed by atoms with van der Waals surface area (Å²) in [5, 5.41) is 11.6. The first-order valence-electron chi connectivity index (χ1n) is 8.24. The van der Waals surface area contributed by atoms with Crippen molar-refractivity contribution in [3.8, 4) is 0 Å². The van der Waals surface area contributed by atoms with Crippen LogP contribution in [-0.4, -0.2) is 33.8 Å². The number of aliphatic imine (C=N–C) groups is 1. The molecule has 2 aromatic rings. The number of hydrogen-bond acceptors (Lipinski definition) is 3. The predicted molar refractivity (Wildman–Crippen MR) is 112 cm³/mol. The summed E-state index contributed by atoms with van der Waals surface area (Å²) in [5.74, 6) is 1.64. The highest BCUT2D eigenvalue weighted by atomic mass is 127. The summed E-state index contributed by atoms with van der Waals surface area (Å²) in [5.41, 5.74) is 1.47. The predicted octanol–water partition coefficient (Wildman–Crippen LogP) is 2.87. The van der Waals surface area contributed by atoms with Gasteiger partial charge in [-0.05, 0) is 37.5 Å². The molecular weight excluding hydrogens is 451 g/mol. The zero-order valence-electron chi connectivity index (χ0n) is 14.5. The Labute approximate surface area is 170 Å². The standard InChI is InChI=1S/C17H23ClN6.HI/c1-3-19-16(20-10-15-22-12-23-24(15)2)21-11-17(7-8-17)13-5-4-6-14(18)9-13;/h4-6,9,12H,3,7-8,10-11H2,1-2H3,(H2,19,20,21);1H. The molecule has 0 saturated heterocycles. The zero-order valence-corrected chi connectivity index (χ0v) is 17.6. The highest BCUT2D eigenvalue weighted by Crippen LogP contribution is 2.48. The van der Waals surface area contributed by atoms with Gasteiger partial charge in [0.25, 0.3) is 0 Å². The molecule has 1 saturated carbocycles. The van der Waals surface area contributed by atoms with Gasteiger partial charge < -0.3 is 10.6 Å². The van der Waals surface area contributed by atoms with Gasteiger partial charge in [0.1, 0.15) is 18.7 Å². The van der Waals surface area contributed by atoms with Crippen LogP contribution in [0.4, 0.5) is 0 Å². The molecule has 3 rings (SSSR count). The van der Waals surface area contributed by atoms with Gasteiger partial charge in [-0.3, -0.25) is 4.68 Å². The summed E-state index contributed by atoms with van der Waals surface area (Å²) < 4.78 is 1.74. The first-order valence-corrected chi connectivity index (χ1v) is 8.62. The molecule has 1 fully saturated rings. The number of halogens is 2. The molecular formula is C17H24ClIN6. The first kappa shape index (κ1) is 20.0. The van der Waals surface area contributed by atoms with E-state index in [-0.39, 0.29) is 29.4 Å². The highest BCUT2D eigenvalue weighted by Gasteiger charge is 2.44. The van der Waals surface area contributed by atoms with Gasteiger partial charge in [-0.2, -0.15) is 5.10 Å². The van der Waals surface area contributed by atoms with Gasteiger partial charge in [0, 0.05) is 30.6 Å². The van der Waals surface area contributed by atoms with Crippen molar-refractivity contribution in [2.45, 2.75) is 31.7 Å². The van der Waals surface area contributed by atoms with Gasteiger partial charge in [-0.15, -0.1) is 24.0 Å². The Hall–Kier alpha value is -1.35. The third-order valence-electron chi connectivity index (χ3n) is 4.41. The van der Waals surface area contributed by atoms with Crippen molar-refractivity contribution in [1.82, 2.24) is 25.4 Å². The van der Waals surface area contributed by atoms with Crippen LogP contribution in [0.3, 0.4) is 0 Å². The molecule has 1 aromatic carbocycles. The van der Waals surface area contributed by atoms with Crippen LogP contribution in [-0.2, 0) is 19.0 Å². The number of nitrogens with one attached hydrogen (secondary N) is 2. The Bertz CT molecular complexity index is 725. The molecule has 1 aromatic heterocycles. The minimum absolute atomic E-state index is 0. The number of aryl methyl sites for hydroxylation is 1. The highest BCUT2D eigenvalue weighted by molar-refractivity contribution is 14.0. The molecule has 0 radical (unpaired) electrons. The lowest BCUT2D eigenvalue weighted by molar-refractivity contribution is 0.643. The quantitative estimate of drug-likeness (QED) is 0.384. The number of nitrogens with zero attached hydrogens (tertiary/aromatic N) is 4. The van der Waals surface area contributed by atoms with Gasteiger partial charge in [-0.25, -0.2) is 9.98 Å². The molecule has 0 atom stereocenters. The summed E-state index contributed by atoms with van der Waals surface area (Å²) in [6, 6.07) is 8.16. The van der Waals surface area contributed by atoms with E-state index in [9.17, 15) is 0 Å². The third-order valence-corrected chi connectivity index (χ3v) is 4.65. The summed E-state index contributed by atoms with van der Waals surface area (Å²) >= 11 is 6.14. The van der Waals surface area contributed by atoms with Crippen molar-refractivity contribution < 1.29 is 0 Å². The van der Waals surface area contributed by atoms with Gasteiger partial charge in [0.15, 0.2) is 5.96 Å². The number of hydrogen-bond donors (Lipinski definition) is 2. The fraction of sp³-hybridized carbons (Fsp3) is 0.471. The Balaban J connectivity index is 0.00000225. The minimum atomic E-state index is 0. The van der Waals surface area contributed by atoms with E-state index < -0.39 is 0 Å². The molecule has 25 heavy (non-hydrogen) atoms. The number of rotatable bonds is 6. The first-order chi connectivity index (χ1) is 11.6. The molecule has 136 valence electrons. The average Bonchev–Trinajstić information content (AvgIpc) is 3.26. The Kier molecular flexibility index (Phi) is 7.06. The van der Waals surface area contributed by atoms with Crippen molar-refractivity contribution >= 4 is 41.5 Å². The van der Waals surface area contributed by atoms with Gasteiger partial charge in [0.2, 0.25) is 0 Å². The van der Waals surface area contributed by atoms with Crippen molar-refractivity contribution in [1.29, 1.82) is 0 Å². The molecule has 0 unspecified atom stereocenters. The second kappa shape index (κ2) is 8.84. The van der Waals surface area contributed by atoms with Crippen LogP contribution in [0.15, 0.2) is 35.6 Å². The lowest BCUT2D eigenvalue weighted by Gasteiger charge is -2.19. The van der Waals surface area contributed by atoms with Gasteiger partial charge in [-0.1, -0.05) is 23.7 Å². The van der Waals surface area contributed by atoms with E-state index in [4.69, 9.17) is 11.6 Å². The zero-order chi connectivity index (χ0) is 17.0. The maximum absolute atomic E-state index is 6.14. The molecule has 2 N–H and O–H groups in total. The normalized spacial score (nSPS) is 15.4. The second-order valence-electron chi connectivity index (χ2n) is 6.14. The van der Waals surface area contributed by atoms with Gasteiger partial charge >= 0.3 is 0 Å². The Morgan fingerprint density at radius 3 is 2.76 bits per heavy atom. The van der Waals surface area contributed by atoms with E-state index in [2.05, 4.69) is 44.8 Å². The van der Waals surface area contributed by atoms with Gasteiger partial charge in [0.05, 0.1) is 0 Å². The lowest BCUT2D eigenvalue weighted by atomic mass is 9.96. The van der Waals surface area contributed by atoms with E-state index in [1.165, 1.54) is 18.4 Å².